The fourth-order valence-electron chi connectivity index (χ4n) is 4.12. The van der Waals surface area contributed by atoms with Crippen molar-refractivity contribution in [1.29, 1.82) is 0 Å². The van der Waals surface area contributed by atoms with Crippen LogP contribution in [0.15, 0.2) is 72.8 Å². The van der Waals surface area contributed by atoms with Gasteiger partial charge in [-0.2, -0.15) is 0 Å². The number of benzene rings is 3. The topological polar surface area (TPSA) is 61.4 Å². The Morgan fingerprint density at radius 3 is 2.36 bits per heavy atom. The average Bonchev–Trinajstić information content (AvgIpc) is 3.36. The third-order valence-electron chi connectivity index (χ3n) is 5.90. The minimum atomic E-state index is -0.336. The summed E-state index contributed by atoms with van der Waals surface area (Å²) in [4.78, 5) is 28.0. The Labute approximate surface area is 193 Å². The molecular formula is C27H28FN3O2. The average molecular weight is 446 g/mol. The number of rotatable bonds is 7. The molecule has 33 heavy (non-hydrogen) atoms. The standard InChI is InChI=1S/C27H28FN3O2/c1-19(21-7-3-2-4-8-21)29-27(33)24-18-23(13-14-25(24)31-15-5-6-16-31)30-26(32)17-20-9-11-22(28)12-10-20/h2-4,7-14,18-19H,5-6,15-17H2,1H3,(H,29,33)(H,30,32). The van der Waals surface area contributed by atoms with Crippen molar-refractivity contribution in [3.63, 3.8) is 0 Å². The summed E-state index contributed by atoms with van der Waals surface area (Å²) in [6, 6.07) is 21.0. The molecule has 0 radical (unpaired) electrons. The lowest BCUT2D eigenvalue weighted by Crippen LogP contribution is -2.29. The third-order valence-corrected chi connectivity index (χ3v) is 5.90. The first-order valence-electron chi connectivity index (χ1n) is 11.3. The van der Waals surface area contributed by atoms with Crippen LogP contribution in [0.2, 0.25) is 0 Å². The highest BCUT2D eigenvalue weighted by Crippen LogP contribution is 2.28. The molecule has 1 atom stereocenters. The molecule has 4 rings (SSSR count). The Kier molecular flexibility index (Phi) is 7.03. The molecule has 170 valence electrons. The third kappa shape index (κ3) is 5.77. The minimum absolute atomic E-state index is 0.126. The van der Waals surface area contributed by atoms with E-state index in [4.69, 9.17) is 0 Å². The van der Waals surface area contributed by atoms with Crippen LogP contribution in [0.1, 0.15) is 47.3 Å². The summed E-state index contributed by atoms with van der Waals surface area (Å²) < 4.78 is 13.1. The van der Waals surface area contributed by atoms with Crippen molar-refractivity contribution in [2.45, 2.75) is 32.2 Å². The van der Waals surface area contributed by atoms with Gasteiger partial charge in [-0.1, -0.05) is 42.5 Å². The van der Waals surface area contributed by atoms with Gasteiger partial charge in [0.25, 0.3) is 5.91 Å². The predicted molar refractivity (Wildman–Crippen MR) is 129 cm³/mol. The fourth-order valence-corrected chi connectivity index (χ4v) is 4.12. The SMILES string of the molecule is CC(NC(=O)c1cc(NC(=O)Cc2ccc(F)cc2)ccc1N1CCCC1)c1ccccc1. The van der Waals surface area contributed by atoms with Gasteiger partial charge in [-0.3, -0.25) is 9.59 Å². The van der Waals surface area contributed by atoms with Crippen LogP contribution in [0.25, 0.3) is 0 Å². The van der Waals surface area contributed by atoms with E-state index in [1.54, 1.807) is 18.2 Å². The highest BCUT2D eigenvalue weighted by molar-refractivity contribution is 6.02. The lowest BCUT2D eigenvalue weighted by molar-refractivity contribution is -0.115. The second-order valence-electron chi connectivity index (χ2n) is 8.38. The van der Waals surface area contributed by atoms with Gasteiger partial charge in [-0.15, -0.1) is 0 Å². The van der Waals surface area contributed by atoms with E-state index in [1.807, 2.05) is 49.4 Å². The molecule has 2 N–H and O–H groups in total. The van der Waals surface area contributed by atoms with Gasteiger partial charge >= 0.3 is 0 Å². The first-order valence-corrected chi connectivity index (χ1v) is 11.3. The van der Waals surface area contributed by atoms with Crippen LogP contribution in [-0.4, -0.2) is 24.9 Å². The summed E-state index contributed by atoms with van der Waals surface area (Å²) in [5.74, 6) is -0.737. The molecule has 6 heteroatoms. The number of carbonyl (C=O) groups is 2. The molecule has 0 bridgehead atoms. The van der Waals surface area contributed by atoms with Crippen molar-refractivity contribution in [3.05, 3.63) is 95.3 Å². The molecule has 1 fully saturated rings. The van der Waals surface area contributed by atoms with E-state index in [9.17, 15) is 14.0 Å². The normalized spacial score (nSPS) is 14.1. The summed E-state index contributed by atoms with van der Waals surface area (Å²) in [5.41, 5.74) is 3.72. The summed E-state index contributed by atoms with van der Waals surface area (Å²) in [6.45, 7) is 3.77. The Hall–Kier alpha value is -3.67. The van der Waals surface area contributed by atoms with Crippen molar-refractivity contribution in [3.8, 4) is 0 Å². The summed E-state index contributed by atoms with van der Waals surface area (Å²) >= 11 is 0. The zero-order valence-corrected chi connectivity index (χ0v) is 18.7. The minimum Gasteiger partial charge on any atom is -0.371 e. The van der Waals surface area contributed by atoms with Gasteiger partial charge in [0.05, 0.1) is 18.0 Å². The monoisotopic (exact) mass is 445 g/mol. The summed E-state index contributed by atoms with van der Waals surface area (Å²) in [7, 11) is 0. The second-order valence-corrected chi connectivity index (χ2v) is 8.38. The first-order chi connectivity index (χ1) is 16.0. The molecule has 0 spiro atoms. The zero-order chi connectivity index (χ0) is 23.2. The molecule has 0 aliphatic carbocycles. The lowest BCUT2D eigenvalue weighted by atomic mass is 10.1. The van der Waals surface area contributed by atoms with Crippen molar-refractivity contribution in [2.75, 3.05) is 23.3 Å². The number of hydrogen-bond donors (Lipinski definition) is 2. The maximum atomic E-state index is 13.3. The molecule has 3 aromatic rings. The molecular weight excluding hydrogens is 417 g/mol. The maximum absolute atomic E-state index is 13.3. The number of carbonyl (C=O) groups excluding carboxylic acids is 2. The van der Waals surface area contributed by atoms with Gasteiger partial charge < -0.3 is 15.5 Å². The molecule has 5 nitrogen and oxygen atoms in total. The van der Waals surface area contributed by atoms with Gasteiger partial charge in [0.15, 0.2) is 0 Å². The molecule has 1 saturated heterocycles. The largest absolute Gasteiger partial charge is 0.371 e. The number of anilines is 2. The predicted octanol–water partition coefficient (Wildman–Crippen LogP) is 5.10. The van der Waals surface area contributed by atoms with E-state index in [1.165, 1.54) is 12.1 Å². The highest BCUT2D eigenvalue weighted by Gasteiger charge is 2.22. The zero-order valence-electron chi connectivity index (χ0n) is 18.7. The van der Waals surface area contributed by atoms with Crippen LogP contribution >= 0.6 is 0 Å². The van der Waals surface area contributed by atoms with Crippen molar-refractivity contribution in [1.82, 2.24) is 5.32 Å². The van der Waals surface area contributed by atoms with Gasteiger partial charge in [0.2, 0.25) is 5.91 Å². The van der Waals surface area contributed by atoms with Gasteiger partial charge in [0, 0.05) is 24.5 Å². The molecule has 1 aliphatic rings. The molecule has 1 aliphatic heterocycles. The molecule has 1 heterocycles. The van der Waals surface area contributed by atoms with Crippen LogP contribution < -0.4 is 15.5 Å². The lowest BCUT2D eigenvalue weighted by Gasteiger charge is -2.23. The Morgan fingerprint density at radius 2 is 1.67 bits per heavy atom. The van der Waals surface area contributed by atoms with Crippen LogP contribution in [0.4, 0.5) is 15.8 Å². The molecule has 0 aromatic heterocycles. The second kappa shape index (κ2) is 10.3. The van der Waals surface area contributed by atoms with E-state index in [2.05, 4.69) is 15.5 Å². The quantitative estimate of drug-likeness (QED) is 0.532. The number of amides is 2. The molecule has 2 amide bonds. The van der Waals surface area contributed by atoms with Crippen LogP contribution in [0.5, 0.6) is 0 Å². The van der Waals surface area contributed by atoms with E-state index < -0.39 is 0 Å². The molecule has 1 unspecified atom stereocenters. The van der Waals surface area contributed by atoms with Crippen molar-refractivity contribution >= 4 is 23.2 Å². The number of nitrogens with zero attached hydrogens (tertiary/aromatic N) is 1. The van der Waals surface area contributed by atoms with Gasteiger partial charge in [0.1, 0.15) is 5.82 Å². The van der Waals surface area contributed by atoms with E-state index in [-0.39, 0.29) is 30.1 Å². The smallest absolute Gasteiger partial charge is 0.253 e. The molecule has 0 saturated carbocycles. The van der Waals surface area contributed by atoms with E-state index in [0.29, 0.717) is 11.3 Å². The van der Waals surface area contributed by atoms with Crippen LogP contribution in [0.3, 0.4) is 0 Å². The van der Waals surface area contributed by atoms with Crippen molar-refractivity contribution < 1.29 is 14.0 Å². The van der Waals surface area contributed by atoms with Gasteiger partial charge in [-0.25, -0.2) is 4.39 Å². The van der Waals surface area contributed by atoms with Crippen LogP contribution in [-0.2, 0) is 11.2 Å². The number of halogens is 1. The Morgan fingerprint density at radius 1 is 0.970 bits per heavy atom. The Balaban J connectivity index is 1.53. The summed E-state index contributed by atoms with van der Waals surface area (Å²) in [5, 5.41) is 5.96. The van der Waals surface area contributed by atoms with E-state index >= 15 is 0 Å². The number of hydrogen-bond acceptors (Lipinski definition) is 3. The maximum Gasteiger partial charge on any atom is 0.253 e. The highest BCUT2D eigenvalue weighted by atomic mass is 19.1. The Bertz CT molecular complexity index is 1110. The van der Waals surface area contributed by atoms with Crippen LogP contribution in [0, 0.1) is 5.82 Å². The van der Waals surface area contributed by atoms with Crippen molar-refractivity contribution in [2.24, 2.45) is 0 Å². The molecule has 3 aromatic carbocycles. The first kappa shape index (κ1) is 22.5. The van der Waals surface area contributed by atoms with E-state index in [0.717, 1.165) is 42.7 Å². The van der Waals surface area contributed by atoms with Gasteiger partial charge in [-0.05, 0) is 61.2 Å². The summed E-state index contributed by atoms with van der Waals surface area (Å²) in [6.07, 6.45) is 2.32. The number of nitrogens with one attached hydrogen (secondary N) is 2. The fraction of sp³-hybridized carbons (Fsp3) is 0.259.